The zero-order valence-electron chi connectivity index (χ0n) is 11.0. The van der Waals surface area contributed by atoms with Crippen LogP contribution in [-0.2, 0) is 9.47 Å². The van der Waals surface area contributed by atoms with Crippen molar-refractivity contribution < 1.29 is 9.47 Å². The van der Waals surface area contributed by atoms with Crippen LogP contribution in [0.15, 0.2) is 12.2 Å². The van der Waals surface area contributed by atoms with Gasteiger partial charge in [-0.15, -0.1) is 0 Å². The number of hydrogen-bond donors (Lipinski definition) is 0. The van der Waals surface area contributed by atoms with Crippen molar-refractivity contribution in [2.75, 3.05) is 20.5 Å². The van der Waals surface area contributed by atoms with Crippen LogP contribution in [-0.4, -0.2) is 20.5 Å². The number of rotatable bonds is 12. The van der Waals surface area contributed by atoms with Crippen molar-refractivity contribution in [3.05, 3.63) is 12.2 Å². The first kappa shape index (κ1) is 15.7. The fourth-order valence-electron chi connectivity index (χ4n) is 1.60. The third kappa shape index (κ3) is 13.7. The molecule has 0 aromatic heterocycles. The highest BCUT2D eigenvalue weighted by Crippen LogP contribution is 2.07. The summed E-state index contributed by atoms with van der Waals surface area (Å²) in [5.41, 5.74) is 0. The van der Waals surface area contributed by atoms with Gasteiger partial charge in [-0.25, -0.2) is 0 Å². The standard InChI is InChI=1S/C14H28O2/c1-3-4-5-6-7-8-9-10-11-12-13-16-14-15-2/h4-5H,3,6-14H2,1-2H3. The molecular weight excluding hydrogens is 200 g/mol. The van der Waals surface area contributed by atoms with Gasteiger partial charge in [0.2, 0.25) is 0 Å². The maximum Gasteiger partial charge on any atom is 0.146 e. The van der Waals surface area contributed by atoms with Gasteiger partial charge in [-0.2, -0.15) is 0 Å². The van der Waals surface area contributed by atoms with E-state index in [9.17, 15) is 0 Å². The molecule has 0 aliphatic carbocycles. The van der Waals surface area contributed by atoms with E-state index in [-0.39, 0.29) is 0 Å². The summed E-state index contributed by atoms with van der Waals surface area (Å²) in [6, 6.07) is 0. The van der Waals surface area contributed by atoms with Crippen molar-refractivity contribution in [2.45, 2.75) is 58.3 Å². The Balaban J connectivity index is 2.90. The van der Waals surface area contributed by atoms with Crippen LogP contribution in [0.3, 0.4) is 0 Å². The molecule has 0 heterocycles. The first-order chi connectivity index (χ1) is 7.91. The number of methoxy groups -OCH3 is 1. The minimum Gasteiger partial charge on any atom is -0.359 e. The summed E-state index contributed by atoms with van der Waals surface area (Å²) < 4.78 is 10.0. The Bertz CT molecular complexity index is 144. The second kappa shape index (κ2) is 14.7. The van der Waals surface area contributed by atoms with E-state index in [0.717, 1.165) is 6.61 Å². The molecule has 0 fully saturated rings. The SMILES string of the molecule is CCC=CCCCCCCCCOCOC. The Morgan fingerprint density at radius 2 is 1.56 bits per heavy atom. The van der Waals surface area contributed by atoms with Gasteiger partial charge >= 0.3 is 0 Å². The van der Waals surface area contributed by atoms with Crippen LogP contribution in [0.4, 0.5) is 0 Å². The van der Waals surface area contributed by atoms with Crippen molar-refractivity contribution in [3.63, 3.8) is 0 Å². The average Bonchev–Trinajstić information content (AvgIpc) is 2.31. The maximum absolute atomic E-state index is 5.22. The lowest BCUT2D eigenvalue weighted by molar-refractivity contribution is -0.0315. The lowest BCUT2D eigenvalue weighted by Crippen LogP contribution is -1.98. The summed E-state index contributed by atoms with van der Waals surface area (Å²) in [6.45, 7) is 3.46. The first-order valence-electron chi connectivity index (χ1n) is 6.63. The van der Waals surface area contributed by atoms with E-state index in [1.165, 1.54) is 51.4 Å². The molecule has 0 rings (SSSR count). The number of unbranched alkanes of at least 4 members (excludes halogenated alkanes) is 6. The number of hydrogen-bond acceptors (Lipinski definition) is 2. The highest BCUT2D eigenvalue weighted by molar-refractivity contribution is 4.79. The van der Waals surface area contributed by atoms with Crippen LogP contribution < -0.4 is 0 Å². The summed E-state index contributed by atoms with van der Waals surface area (Å²) in [4.78, 5) is 0. The fourth-order valence-corrected chi connectivity index (χ4v) is 1.60. The van der Waals surface area contributed by atoms with Gasteiger partial charge < -0.3 is 9.47 Å². The molecule has 2 nitrogen and oxygen atoms in total. The lowest BCUT2D eigenvalue weighted by atomic mass is 10.1. The van der Waals surface area contributed by atoms with Crippen LogP contribution in [0, 0.1) is 0 Å². The smallest absolute Gasteiger partial charge is 0.146 e. The molecule has 0 atom stereocenters. The summed E-state index contributed by atoms with van der Waals surface area (Å²) in [7, 11) is 1.66. The van der Waals surface area contributed by atoms with Gasteiger partial charge in [-0.05, 0) is 25.7 Å². The minimum absolute atomic E-state index is 0.434. The zero-order chi connectivity index (χ0) is 11.9. The van der Waals surface area contributed by atoms with Crippen molar-refractivity contribution >= 4 is 0 Å². The Morgan fingerprint density at radius 1 is 0.875 bits per heavy atom. The molecule has 0 radical (unpaired) electrons. The second-order valence-corrected chi connectivity index (χ2v) is 4.10. The molecule has 2 heteroatoms. The van der Waals surface area contributed by atoms with Gasteiger partial charge in [-0.1, -0.05) is 44.8 Å². The Labute approximate surface area is 101 Å². The van der Waals surface area contributed by atoms with Crippen molar-refractivity contribution in [1.29, 1.82) is 0 Å². The van der Waals surface area contributed by atoms with Gasteiger partial charge in [0.1, 0.15) is 6.79 Å². The Kier molecular flexibility index (Phi) is 14.3. The maximum atomic E-state index is 5.22. The van der Waals surface area contributed by atoms with E-state index < -0.39 is 0 Å². The van der Waals surface area contributed by atoms with Gasteiger partial charge in [0.25, 0.3) is 0 Å². The van der Waals surface area contributed by atoms with E-state index >= 15 is 0 Å². The van der Waals surface area contributed by atoms with Gasteiger partial charge in [0.15, 0.2) is 0 Å². The molecule has 0 spiro atoms. The Hall–Kier alpha value is -0.340. The zero-order valence-corrected chi connectivity index (χ0v) is 11.0. The van der Waals surface area contributed by atoms with Gasteiger partial charge in [0, 0.05) is 13.7 Å². The van der Waals surface area contributed by atoms with Crippen molar-refractivity contribution in [3.8, 4) is 0 Å². The molecule has 0 aliphatic rings. The summed E-state index contributed by atoms with van der Waals surface area (Å²) in [6.07, 6.45) is 14.9. The van der Waals surface area contributed by atoms with Crippen LogP contribution in [0.1, 0.15) is 58.3 Å². The van der Waals surface area contributed by atoms with Crippen LogP contribution in [0.25, 0.3) is 0 Å². The molecule has 0 bridgehead atoms. The third-order valence-electron chi connectivity index (χ3n) is 2.51. The lowest BCUT2D eigenvalue weighted by Gasteiger charge is -2.02. The molecular formula is C14H28O2. The van der Waals surface area contributed by atoms with E-state index in [0.29, 0.717) is 6.79 Å². The summed E-state index contributed by atoms with van der Waals surface area (Å²) in [5.74, 6) is 0. The summed E-state index contributed by atoms with van der Waals surface area (Å²) >= 11 is 0. The van der Waals surface area contributed by atoms with E-state index in [2.05, 4.69) is 19.1 Å². The van der Waals surface area contributed by atoms with Crippen LogP contribution in [0.5, 0.6) is 0 Å². The molecule has 0 aliphatic heterocycles. The monoisotopic (exact) mass is 228 g/mol. The molecule has 0 aromatic carbocycles. The van der Waals surface area contributed by atoms with Crippen LogP contribution in [0.2, 0.25) is 0 Å². The third-order valence-corrected chi connectivity index (χ3v) is 2.51. The van der Waals surface area contributed by atoms with Gasteiger partial charge in [-0.3, -0.25) is 0 Å². The largest absolute Gasteiger partial charge is 0.359 e. The molecule has 0 unspecified atom stereocenters. The molecule has 16 heavy (non-hydrogen) atoms. The molecule has 96 valence electrons. The number of allylic oxidation sites excluding steroid dienone is 2. The topological polar surface area (TPSA) is 18.5 Å². The van der Waals surface area contributed by atoms with Gasteiger partial charge in [0.05, 0.1) is 0 Å². The highest BCUT2D eigenvalue weighted by Gasteiger charge is 1.91. The predicted octanol–water partition coefficient (Wildman–Crippen LogP) is 4.30. The first-order valence-corrected chi connectivity index (χ1v) is 6.63. The molecule has 0 saturated heterocycles. The van der Waals surface area contributed by atoms with Crippen molar-refractivity contribution in [1.82, 2.24) is 0 Å². The minimum atomic E-state index is 0.434. The molecule has 0 amide bonds. The second-order valence-electron chi connectivity index (χ2n) is 4.10. The average molecular weight is 228 g/mol. The molecule has 0 N–H and O–H groups in total. The predicted molar refractivity (Wildman–Crippen MR) is 69.6 cm³/mol. The van der Waals surface area contributed by atoms with E-state index in [1.54, 1.807) is 7.11 Å². The normalized spacial score (nSPS) is 11.4. The highest BCUT2D eigenvalue weighted by atomic mass is 16.7. The summed E-state index contributed by atoms with van der Waals surface area (Å²) in [5, 5.41) is 0. The fraction of sp³-hybridized carbons (Fsp3) is 0.857. The quantitative estimate of drug-likeness (QED) is 0.281. The van der Waals surface area contributed by atoms with E-state index in [1.807, 2.05) is 0 Å². The van der Waals surface area contributed by atoms with E-state index in [4.69, 9.17) is 9.47 Å². The molecule has 0 saturated carbocycles. The van der Waals surface area contributed by atoms with Crippen molar-refractivity contribution in [2.24, 2.45) is 0 Å². The number of ether oxygens (including phenoxy) is 2. The molecule has 0 aromatic rings. The van der Waals surface area contributed by atoms with Crippen LogP contribution >= 0.6 is 0 Å². The Morgan fingerprint density at radius 3 is 2.25 bits per heavy atom.